The van der Waals surface area contributed by atoms with E-state index in [9.17, 15) is 18.3 Å². The lowest BCUT2D eigenvalue weighted by molar-refractivity contribution is -0.210. The summed E-state index contributed by atoms with van der Waals surface area (Å²) >= 11 is 0. The number of alkyl halides is 3. The molecule has 0 aliphatic rings. The molecule has 0 bridgehead atoms. The molecule has 0 saturated carbocycles. The van der Waals surface area contributed by atoms with Crippen molar-refractivity contribution in [3.05, 3.63) is 23.8 Å². The second-order valence-electron chi connectivity index (χ2n) is 3.59. The summed E-state index contributed by atoms with van der Waals surface area (Å²) in [5.74, 6) is 0.260. The molecular formula is C11H15ClF3NO3. The number of benzene rings is 1. The number of ether oxygens (including phenoxy) is 2. The van der Waals surface area contributed by atoms with Gasteiger partial charge in [0, 0.05) is 0 Å². The fraction of sp³-hybridized carbons (Fsp3) is 0.455. The molecule has 0 aliphatic heterocycles. The minimum absolute atomic E-state index is 0. The maximum atomic E-state index is 12.4. The molecule has 8 heteroatoms. The summed E-state index contributed by atoms with van der Waals surface area (Å²) in [5.41, 5.74) is 5.43. The Balaban J connectivity index is 0.00000324. The van der Waals surface area contributed by atoms with E-state index >= 15 is 0 Å². The SMILES string of the molecule is COc1cccc(OC)c1[C@H](N)[C@H](O)C(F)(F)F.Cl. The molecule has 0 saturated heterocycles. The van der Waals surface area contributed by atoms with Gasteiger partial charge in [-0.1, -0.05) is 6.07 Å². The highest BCUT2D eigenvalue weighted by Crippen LogP contribution is 2.38. The summed E-state index contributed by atoms with van der Waals surface area (Å²) in [4.78, 5) is 0. The van der Waals surface area contributed by atoms with Crippen LogP contribution in [0.1, 0.15) is 11.6 Å². The largest absolute Gasteiger partial charge is 0.496 e. The van der Waals surface area contributed by atoms with Crippen molar-refractivity contribution in [3.8, 4) is 11.5 Å². The predicted octanol–water partition coefficient (Wildman–Crippen LogP) is 2.05. The fourth-order valence-corrected chi connectivity index (χ4v) is 1.57. The average molecular weight is 302 g/mol. The van der Waals surface area contributed by atoms with Gasteiger partial charge < -0.3 is 20.3 Å². The normalized spacial score (nSPS) is 14.3. The first-order valence-electron chi connectivity index (χ1n) is 5.04. The molecule has 1 aromatic carbocycles. The Morgan fingerprint density at radius 2 is 1.58 bits per heavy atom. The molecule has 0 aromatic heterocycles. The Kier molecular flexibility index (Phi) is 6.41. The summed E-state index contributed by atoms with van der Waals surface area (Å²) in [6, 6.07) is 2.76. The second-order valence-corrected chi connectivity index (χ2v) is 3.59. The Hall–Kier alpha value is -1.18. The zero-order chi connectivity index (χ0) is 13.9. The number of hydrogen-bond donors (Lipinski definition) is 2. The summed E-state index contributed by atoms with van der Waals surface area (Å²) in [6.07, 6.45) is -7.51. The first-order chi connectivity index (χ1) is 8.32. The molecule has 4 nitrogen and oxygen atoms in total. The maximum Gasteiger partial charge on any atom is 0.416 e. The lowest BCUT2D eigenvalue weighted by Crippen LogP contribution is -2.39. The minimum atomic E-state index is -4.81. The van der Waals surface area contributed by atoms with Crippen molar-refractivity contribution < 1.29 is 27.8 Å². The van der Waals surface area contributed by atoms with Gasteiger partial charge in [0.15, 0.2) is 6.10 Å². The van der Waals surface area contributed by atoms with Crippen LogP contribution in [0.15, 0.2) is 18.2 Å². The molecule has 3 N–H and O–H groups in total. The lowest BCUT2D eigenvalue weighted by atomic mass is 9.99. The summed E-state index contributed by atoms with van der Waals surface area (Å²) in [5, 5.41) is 9.19. The highest BCUT2D eigenvalue weighted by molar-refractivity contribution is 5.85. The van der Waals surface area contributed by atoms with Gasteiger partial charge in [0.1, 0.15) is 11.5 Å². The number of hydrogen-bond acceptors (Lipinski definition) is 4. The Bertz CT molecular complexity index is 392. The molecule has 0 amide bonds. The van der Waals surface area contributed by atoms with Crippen molar-refractivity contribution in [2.45, 2.75) is 18.3 Å². The summed E-state index contributed by atoms with van der Waals surface area (Å²) < 4.78 is 47.2. The first kappa shape index (κ1) is 17.8. The van der Waals surface area contributed by atoms with Crippen LogP contribution in [0.4, 0.5) is 13.2 Å². The molecule has 2 atom stereocenters. The van der Waals surface area contributed by atoms with Crippen molar-refractivity contribution in [2.24, 2.45) is 5.73 Å². The smallest absolute Gasteiger partial charge is 0.416 e. The van der Waals surface area contributed by atoms with Crippen LogP contribution in [0.3, 0.4) is 0 Å². The molecule has 0 aliphatic carbocycles. The maximum absolute atomic E-state index is 12.4. The number of aliphatic hydroxyl groups is 1. The molecule has 1 rings (SSSR count). The minimum Gasteiger partial charge on any atom is -0.496 e. The monoisotopic (exact) mass is 301 g/mol. The number of nitrogens with two attached hydrogens (primary N) is 1. The van der Waals surface area contributed by atoms with E-state index in [-0.39, 0.29) is 29.5 Å². The van der Waals surface area contributed by atoms with Crippen LogP contribution in [0, 0.1) is 0 Å². The van der Waals surface area contributed by atoms with E-state index < -0.39 is 18.3 Å². The molecule has 0 radical (unpaired) electrons. The van der Waals surface area contributed by atoms with Gasteiger partial charge in [-0.25, -0.2) is 0 Å². The second kappa shape index (κ2) is 6.83. The average Bonchev–Trinajstić information content (AvgIpc) is 2.34. The van der Waals surface area contributed by atoms with Crippen LogP contribution in [0.2, 0.25) is 0 Å². The van der Waals surface area contributed by atoms with Crippen LogP contribution in [0.5, 0.6) is 11.5 Å². The summed E-state index contributed by atoms with van der Waals surface area (Å²) in [7, 11) is 2.59. The van der Waals surface area contributed by atoms with Gasteiger partial charge in [0.25, 0.3) is 0 Å². The van der Waals surface area contributed by atoms with E-state index in [1.54, 1.807) is 6.07 Å². The quantitative estimate of drug-likeness (QED) is 0.893. The van der Waals surface area contributed by atoms with E-state index in [0.29, 0.717) is 0 Å². The van der Waals surface area contributed by atoms with Gasteiger partial charge in [-0.2, -0.15) is 13.2 Å². The number of halogens is 4. The third kappa shape index (κ3) is 3.89. The van der Waals surface area contributed by atoms with Crippen molar-refractivity contribution in [2.75, 3.05) is 14.2 Å². The van der Waals surface area contributed by atoms with Crippen LogP contribution in [-0.4, -0.2) is 31.6 Å². The zero-order valence-electron chi connectivity index (χ0n) is 10.3. The van der Waals surface area contributed by atoms with Crippen LogP contribution in [-0.2, 0) is 0 Å². The fourth-order valence-electron chi connectivity index (χ4n) is 1.57. The van der Waals surface area contributed by atoms with Gasteiger partial charge >= 0.3 is 6.18 Å². The number of methoxy groups -OCH3 is 2. The topological polar surface area (TPSA) is 64.7 Å². The Labute approximate surface area is 114 Å². The third-order valence-electron chi connectivity index (χ3n) is 2.47. The zero-order valence-corrected chi connectivity index (χ0v) is 11.1. The molecular weight excluding hydrogens is 287 g/mol. The van der Waals surface area contributed by atoms with E-state index in [1.807, 2.05) is 0 Å². The van der Waals surface area contributed by atoms with Crippen molar-refractivity contribution in [3.63, 3.8) is 0 Å². The Morgan fingerprint density at radius 3 is 1.89 bits per heavy atom. The molecule has 19 heavy (non-hydrogen) atoms. The van der Waals surface area contributed by atoms with Crippen LogP contribution < -0.4 is 15.2 Å². The molecule has 0 spiro atoms. The summed E-state index contributed by atoms with van der Waals surface area (Å²) in [6.45, 7) is 0. The van der Waals surface area contributed by atoms with Crippen LogP contribution >= 0.6 is 12.4 Å². The standard InChI is InChI=1S/C11H14F3NO3.ClH/c1-17-6-4-3-5-7(18-2)8(6)9(15)10(16)11(12,13)14;/h3-5,9-10,16H,15H2,1-2H3;1H/t9-,10-;/m0./s1. The number of rotatable bonds is 4. The molecule has 0 heterocycles. The highest BCUT2D eigenvalue weighted by atomic mass is 35.5. The van der Waals surface area contributed by atoms with Crippen molar-refractivity contribution in [1.82, 2.24) is 0 Å². The van der Waals surface area contributed by atoms with Gasteiger partial charge in [0.2, 0.25) is 0 Å². The number of aliphatic hydroxyl groups excluding tert-OH is 1. The van der Waals surface area contributed by atoms with Gasteiger partial charge in [-0.3, -0.25) is 0 Å². The van der Waals surface area contributed by atoms with E-state index in [1.165, 1.54) is 26.4 Å². The van der Waals surface area contributed by atoms with Gasteiger partial charge in [0.05, 0.1) is 25.8 Å². The van der Waals surface area contributed by atoms with Crippen molar-refractivity contribution >= 4 is 12.4 Å². The molecule has 0 unspecified atom stereocenters. The highest BCUT2D eigenvalue weighted by Gasteiger charge is 2.44. The van der Waals surface area contributed by atoms with E-state index in [2.05, 4.69) is 0 Å². The molecule has 110 valence electrons. The van der Waals surface area contributed by atoms with E-state index in [0.717, 1.165) is 0 Å². The van der Waals surface area contributed by atoms with Crippen LogP contribution in [0.25, 0.3) is 0 Å². The first-order valence-corrected chi connectivity index (χ1v) is 5.04. The third-order valence-corrected chi connectivity index (χ3v) is 2.47. The van der Waals surface area contributed by atoms with Gasteiger partial charge in [-0.05, 0) is 12.1 Å². The van der Waals surface area contributed by atoms with Crippen molar-refractivity contribution in [1.29, 1.82) is 0 Å². The van der Waals surface area contributed by atoms with Gasteiger partial charge in [-0.15, -0.1) is 12.4 Å². The lowest BCUT2D eigenvalue weighted by Gasteiger charge is -2.24. The molecule has 1 aromatic rings. The predicted molar refractivity (Wildman–Crippen MR) is 65.8 cm³/mol. The molecule has 0 fully saturated rings. The Morgan fingerprint density at radius 1 is 1.16 bits per heavy atom. The van der Waals surface area contributed by atoms with E-state index in [4.69, 9.17) is 15.2 Å².